The number of aromatic nitrogens is 2. The van der Waals surface area contributed by atoms with Crippen LogP contribution in [0.5, 0.6) is 0 Å². The molecule has 0 bridgehead atoms. The third kappa shape index (κ3) is 6.34. The summed E-state index contributed by atoms with van der Waals surface area (Å²) in [4.78, 5) is 25.9. The van der Waals surface area contributed by atoms with Gasteiger partial charge in [-0.3, -0.25) is 4.79 Å². The van der Waals surface area contributed by atoms with E-state index in [-0.39, 0.29) is 28.6 Å². The van der Waals surface area contributed by atoms with E-state index in [0.29, 0.717) is 55.2 Å². The van der Waals surface area contributed by atoms with Gasteiger partial charge in [-0.25, -0.2) is 23.1 Å². The maximum Gasteiger partial charge on any atom is 0.271 e. The fraction of sp³-hybridized carbons (Fsp3) is 0.560. The minimum absolute atomic E-state index is 0.0207. The SMILES string of the molecule is CCc1nc(C(N)=O)c(Nc2ccc(N3CCN(C)CC3)c(S(=O)(=O)NC)c2)nc1N[C@H]1CC[C@H](O)CC1. The number of aliphatic hydroxyl groups excluding tert-OH is 1. The fourth-order valence-corrected chi connectivity index (χ4v) is 5.84. The number of carbonyl (C=O) groups is 1. The van der Waals surface area contributed by atoms with Crippen LogP contribution >= 0.6 is 0 Å². The Balaban J connectivity index is 1.69. The maximum atomic E-state index is 13.0. The molecular weight excluding hydrogens is 508 g/mol. The number of aliphatic hydroxyl groups is 1. The molecule has 1 aromatic heterocycles. The number of benzene rings is 1. The predicted molar refractivity (Wildman–Crippen MR) is 147 cm³/mol. The van der Waals surface area contributed by atoms with Gasteiger partial charge in [-0.2, -0.15) is 0 Å². The van der Waals surface area contributed by atoms with Gasteiger partial charge >= 0.3 is 0 Å². The van der Waals surface area contributed by atoms with Crippen molar-refractivity contribution in [2.75, 3.05) is 55.8 Å². The molecule has 1 saturated heterocycles. The molecule has 0 unspecified atom stereocenters. The molecule has 0 radical (unpaired) electrons. The summed E-state index contributed by atoms with van der Waals surface area (Å²) in [5, 5.41) is 16.4. The largest absolute Gasteiger partial charge is 0.393 e. The first-order valence-electron chi connectivity index (χ1n) is 13.0. The molecule has 0 atom stereocenters. The highest BCUT2D eigenvalue weighted by atomic mass is 32.2. The van der Waals surface area contributed by atoms with Crippen molar-refractivity contribution in [1.82, 2.24) is 19.6 Å². The standard InChI is InChI=1S/C25H38N8O4S/c1-4-19-24(28-16-5-8-18(34)9-6-16)31-25(22(30-19)23(26)35)29-17-7-10-20(21(15-17)38(36,37)27-2)33-13-11-32(3)12-14-33/h7,10,15-16,18,27,34H,4-6,8-9,11-14H2,1-3H3,(H2,26,35)(H2,28,29,31)/t16-,18-. The topological polar surface area (TPSA) is 166 Å². The third-order valence-electron chi connectivity index (χ3n) is 7.20. The Hall–Kier alpha value is -3.00. The lowest BCUT2D eigenvalue weighted by Gasteiger charge is -2.35. The van der Waals surface area contributed by atoms with E-state index in [4.69, 9.17) is 5.73 Å². The Morgan fingerprint density at radius 1 is 1.11 bits per heavy atom. The van der Waals surface area contributed by atoms with Crippen LogP contribution < -0.4 is 26.0 Å². The van der Waals surface area contributed by atoms with Crippen molar-refractivity contribution in [2.24, 2.45) is 5.73 Å². The first kappa shape index (κ1) is 28.0. The van der Waals surface area contributed by atoms with Crippen molar-refractivity contribution in [3.8, 4) is 0 Å². The average Bonchev–Trinajstić information content (AvgIpc) is 2.90. The Bertz CT molecular complexity index is 1260. The first-order valence-corrected chi connectivity index (χ1v) is 14.5. The minimum atomic E-state index is -3.78. The first-order chi connectivity index (χ1) is 18.1. The van der Waals surface area contributed by atoms with E-state index in [9.17, 15) is 18.3 Å². The summed E-state index contributed by atoms with van der Waals surface area (Å²) in [6.45, 7) is 4.99. The Morgan fingerprint density at radius 2 is 1.79 bits per heavy atom. The van der Waals surface area contributed by atoms with Crippen molar-refractivity contribution < 1.29 is 18.3 Å². The Morgan fingerprint density at radius 3 is 2.39 bits per heavy atom. The molecule has 2 fully saturated rings. The van der Waals surface area contributed by atoms with Gasteiger partial charge in [0.15, 0.2) is 11.5 Å². The second kappa shape index (κ2) is 11.8. The molecule has 0 spiro atoms. The van der Waals surface area contributed by atoms with Gasteiger partial charge in [-0.15, -0.1) is 0 Å². The monoisotopic (exact) mass is 546 g/mol. The number of carbonyl (C=O) groups excluding carboxylic acids is 1. The number of nitrogens with zero attached hydrogens (tertiary/aromatic N) is 4. The summed E-state index contributed by atoms with van der Waals surface area (Å²) in [5.41, 5.74) is 7.29. The van der Waals surface area contributed by atoms with E-state index in [1.165, 1.54) is 13.1 Å². The smallest absolute Gasteiger partial charge is 0.271 e. The zero-order valence-corrected chi connectivity index (χ0v) is 23.0. The van der Waals surface area contributed by atoms with Crippen LogP contribution in [0.2, 0.25) is 0 Å². The second-order valence-corrected chi connectivity index (χ2v) is 11.7. The van der Waals surface area contributed by atoms with Crippen molar-refractivity contribution >= 4 is 38.9 Å². The lowest BCUT2D eigenvalue weighted by Crippen LogP contribution is -2.45. The number of likely N-dealkylation sites (N-methyl/N-ethyl adjacent to an activating group) is 1. The molecule has 1 aliphatic carbocycles. The van der Waals surface area contributed by atoms with Gasteiger partial charge in [0.2, 0.25) is 10.0 Å². The number of aryl methyl sites for hydroxylation is 1. The quantitative estimate of drug-likeness (QED) is 0.309. The van der Waals surface area contributed by atoms with Crippen LogP contribution in [0.4, 0.5) is 23.0 Å². The number of piperazine rings is 1. The van der Waals surface area contributed by atoms with Crippen molar-refractivity contribution in [3.63, 3.8) is 0 Å². The maximum absolute atomic E-state index is 13.0. The van der Waals surface area contributed by atoms with Crippen molar-refractivity contribution in [3.05, 3.63) is 29.6 Å². The molecule has 208 valence electrons. The number of nitrogens with one attached hydrogen (secondary N) is 3. The van der Waals surface area contributed by atoms with Crippen LogP contribution in [0, 0.1) is 0 Å². The van der Waals surface area contributed by atoms with E-state index in [1.807, 2.05) is 14.0 Å². The molecule has 2 heterocycles. The third-order valence-corrected chi connectivity index (χ3v) is 8.64. The highest BCUT2D eigenvalue weighted by Crippen LogP contribution is 2.32. The molecule has 38 heavy (non-hydrogen) atoms. The van der Waals surface area contributed by atoms with Gasteiger partial charge in [0.05, 0.1) is 17.5 Å². The van der Waals surface area contributed by atoms with Crippen LogP contribution in [0.25, 0.3) is 0 Å². The number of hydrogen-bond donors (Lipinski definition) is 5. The predicted octanol–water partition coefficient (Wildman–Crippen LogP) is 1.26. The van der Waals surface area contributed by atoms with Crippen LogP contribution in [-0.4, -0.2) is 86.7 Å². The van der Waals surface area contributed by atoms with Crippen molar-refractivity contribution in [2.45, 2.75) is 56.1 Å². The van der Waals surface area contributed by atoms with Gasteiger partial charge in [0, 0.05) is 37.9 Å². The molecular formula is C25H38N8O4S. The molecule has 4 rings (SSSR count). The second-order valence-electron chi connectivity index (χ2n) is 9.89. The lowest BCUT2D eigenvalue weighted by molar-refractivity contribution is 0.0995. The molecule has 6 N–H and O–H groups in total. The minimum Gasteiger partial charge on any atom is -0.393 e. The van der Waals surface area contributed by atoms with Crippen LogP contribution in [-0.2, 0) is 16.4 Å². The van der Waals surface area contributed by atoms with Crippen molar-refractivity contribution in [1.29, 1.82) is 0 Å². The van der Waals surface area contributed by atoms with E-state index >= 15 is 0 Å². The molecule has 1 amide bonds. The Kier molecular flexibility index (Phi) is 8.71. The van der Waals surface area contributed by atoms with Gasteiger partial charge < -0.3 is 31.3 Å². The summed E-state index contributed by atoms with van der Waals surface area (Å²) < 4.78 is 28.4. The number of anilines is 4. The number of hydrogen-bond acceptors (Lipinski definition) is 10. The van der Waals surface area contributed by atoms with Crippen LogP contribution in [0.15, 0.2) is 23.1 Å². The molecule has 1 aromatic carbocycles. The van der Waals surface area contributed by atoms with Gasteiger partial charge in [0.25, 0.3) is 5.91 Å². The molecule has 2 aromatic rings. The molecule has 13 heteroatoms. The average molecular weight is 547 g/mol. The number of nitrogens with two attached hydrogens (primary N) is 1. The summed E-state index contributed by atoms with van der Waals surface area (Å²) in [6.07, 6.45) is 3.27. The van der Waals surface area contributed by atoms with Gasteiger partial charge in [-0.1, -0.05) is 6.92 Å². The molecule has 1 saturated carbocycles. The molecule has 12 nitrogen and oxygen atoms in total. The summed E-state index contributed by atoms with van der Waals surface area (Å²) in [6, 6.07) is 5.19. The number of primary amides is 1. The lowest BCUT2D eigenvalue weighted by atomic mass is 9.93. The molecule has 1 aliphatic heterocycles. The normalized spacial score (nSPS) is 20.8. The van der Waals surface area contributed by atoms with Gasteiger partial charge in [-0.05, 0) is 64.4 Å². The fourth-order valence-electron chi connectivity index (χ4n) is 4.87. The van der Waals surface area contributed by atoms with E-state index in [0.717, 1.165) is 25.9 Å². The zero-order chi connectivity index (χ0) is 27.4. The zero-order valence-electron chi connectivity index (χ0n) is 22.2. The number of sulfonamides is 1. The van der Waals surface area contributed by atoms with E-state index in [2.05, 4.69) is 35.1 Å². The van der Waals surface area contributed by atoms with Gasteiger partial charge in [0.1, 0.15) is 10.7 Å². The molecule has 2 aliphatic rings. The number of rotatable bonds is 9. The highest BCUT2D eigenvalue weighted by molar-refractivity contribution is 7.89. The summed E-state index contributed by atoms with van der Waals surface area (Å²) in [7, 11) is -0.361. The van der Waals surface area contributed by atoms with E-state index in [1.54, 1.807) is 12.1 Å². The number of amides is 1. The summed E-state index contributed by atoms with van der Waals surface area (Å²) >= 11 is 0. The highest BCUT2D eigenvalue weighted by Gasteiger charge is 2.26. The summed E-state index contributed by atoms with van der Waals surface area (Å²) in [5.74, 6) is -0.0501. The van der Waals surface area contributed by atoms with Crippen LogP contribution in [0.1, 0.15) is 48.8 Å². The Labute approximate surface area is 224 Å². The van der Waals surface area contributed by atoms with Crippen LogP contribution in [0.3, 0.4) is 0 Å². The van der Waals surface area contributed by atoms with E-state index < -0.39 is 15.9 Å².